The van der Waals surface area contributed by atoms with Crippen molar-refractivity contribution >= 4 is 11.5 Å². The van der Waals surface area contributed by atoms with Crippen LogP contribution in [0.5, 0.6) is 0 Å². The third-order valence-electron chi connectivity index (χ3n) is 3.99. The maximum Gasteiger partial charge on any atom is 0.159 e. The van der Waals surface area contributed by atoms with Crippen LogP contribution in [-0.2, 0) is 0 Å². The molecule has 1 aliphatic rings. The minimum absolute atomic E-state index is 0.109. The van der Waals surface area contributed by atoms with Crippen LogP contribution in [0.1, 0.15) is 24.2 Å². The molecule has 4 heteroatoms. The molecule has 0 bridgehead atoms. The molecule has 0 spiro atoms. The van der Waals surface area contributed by atoms with Crippen LogP contribution >= 0.6 is 0 Å². The van der Waals surface area contributed by atoms with Crippen molar-refractivity contribution in [1.82, 2.24) is 4.90 Å². The zero-order valence-electron chi connectivity index (χ0n) is 12.0. The Bertz CT molecular complexity index is 443. The Morgan fingerprint density at radius 2 is 1.95 bits per heavy atom. The molecular formula is C15H23N3O. The molecule has 1 aromatic carbocycles. The van der Waals surface area contributed by atoms with Gasteiger partial charge >= 0.3 is 0 Å². The highest BCUT2D eigenvalue weighted by atomic mass is 16.1. The van der Waals surface area contributed by atoms with Crippen molar-refractivity contribution in [1.29, 1.82) is 0 Å². The monoisotopic (exact) mass is 261 g/mol. The molecule has 2 rings (SSSR count). The highest BCUT2D eigenvalue weighted by Gasteiger charge is 2.28. The molecule has 2 atom stereocenters. The van der Waals surface area contributed by atoms with E-state index in [1.165, 1.54) is 5.69 Å². The number of anilines is 1. The molecule has 0 amide bonds. The van der Waals surface area contributed by atoms with Crippen molar-refractivity contribution in [3.63, 3.8) is 0 Å². The topological polar surface area (TPSA) is 49.6 Å². The van der Waals surface area contributed by atoms with Gasteiger partial charge in [0.1, 0.15) is 0 Å². The average molecular weight is 261 g/mol. The van der Waals surface area contributed by atoms with Crippen molar-refractivity contribution in [2.45, 2.75) is 25.9 Å². The number of likely N-dealkylation sites (N-methyl/N-ethyl adjacent to an activating group) is 1. The lowest BCUT2D eigenvalue weighted by Gasteiger charge is -2.44. The van der Waals surface area contributed by atoms with Crippen LogP contribution in [0.2, 0.25) is 0 Å². The summed E-state index contributed by atoms with van der Waals surface area (Å²) < 4.78 is 0. The van der Waals surface area contributed by atoms with Crippen LogP contribution in [0, 0.1) is 0 Å². The van der Waals surface area contributed by atoms with Crippen molar-refractivity contribution in [3.05, 3.63) is 29.8 Å². The lowest BCUT2D eigenvalue weighted by atomic mass is 10.1. The van der Waals surface area contributed by atoms with Gasteiger partial charge in [0.05, 0.1) is 0 Å². The normalized spacial score (nSPS) is 24.5. The molecule has 1 aromatic rings. The van der Waals surface area contributed by atoms with E-state index in [0.717, 1.165) is 18.7 Å². The number of hydrogen-bond acceptors (Lipinski definition) is 4. The predicted molar refractivity (Wildman–Crippen MR) is 78.7 cm³/mol. The third kappa shape index (κ3) is 2.96. The molecule has 0 radical (unpaired) electrons. The van der Waals surface area contributed by atoms with Crippen LogP contribution in [0.25, 0.3) is 0 Å². The Kier molecular flexibility index (Phi) is 4.22. The molecule has 0 aromatic heterocycles. The Hall–Kier alpha value is -1.39. The first-order chi connectivity index (χ1) is 9.02. The molecule has 1 saturated heterocycles. The lowest BCUT2D eigenvalue weighted by Crippen LogP contribution is -2.58. The summed E-state index contributed by atoms with van der Waals surface area (Å²) in [5, 5.41) is 0. The number of nitrogens with zero attached hydrogens (tertiary/aromatic N) is 2. The number of hydrogen-bond donors (Lipinski definition) is 1. The number of carbonyl (C=O) groups is 1. The molecule has 2 N–H and O–H groups in total. The second-order valence-corrected chi connectivity index (χ2v) is 5.43. The van der Waals surface area contributed by atoms with Crippen LogP contribution in [0.3, 0.4) is 0 Å². The largest absolute Gasteiger partial charge is 0.366 e. The first-order valence-corrected chi connectivity index (χ1v) is 6.81. The summed E-state index contributed by atoms with van der Waals surface area (Å²) in [6, 6.07) is 8.72. The number of carbonyl (C=O) groups excluding carboxylic acids is 1. The molecule has 0 saturated carbocycles. The van der Waals surface area contributed by atoms with E-state index in [2.05, 4.69) is 23.8 Å². The van der Waals surface area contributed by atoms with E-state index in [0.29, 0.717) is 18.6 Å². The Labute approximate surface area is 115 Å². The summed E-state index contributed by atoms with van der Waals surface area (Å²) in [6.45, 7) is 6.44. The van der Waals surface area contributed by atoms with Gasteiger partial charge in [0.25, 0.3) is 0 Å². The molecule has 2 unspecified atom stereocenters. The van der Waals surface area contributed by atoms with Crippen molar-refractivity contribution in [3.8, 4) is 0 Å². The van der Waals surface area contributed by atoms with E-state index in [1.807, 2.05) is 24.3 Å². The predicted octanol–water partition coefficient (Wildman–Crippen LogP) is 1.36. The summed E-state index contributed by atoms with van der Waals surface area (Å²) in [4.78, 5) is 16.0. The summed E-state index contributed by atoms with van der Waals surface area (Å²) in [5.74, 6) is 0.109. The van der Waals surface area contributed by atoms with E-state index in [4.69, 9.17) is 5.73 Å². The fraction of sp³-hybridized carbons (Fsp3) is 0.533. The van der Waals surface area contributed by atoms with E-state index < -0.39 is 0 Å². The Morgan fingerprint density at radius 1 is 1.32 bits per heavy atom. The van der Waals surface area contributed by atoms with E-state index in [9.17, 15) is 4.79 Å². The first kappa shape index (κ1) is 14.0. The summed E-state index contributed by atoms with van der Waals surface area (Å²) in [7, 11) is 2.13. The zero-order valence-corrected chi connectivity index (χ0v) is 12.0. The zero-order chi connectivity index (χ0) is 14.0. The number of rotatable bonds is 3. The molecule has 19 heavy (non-hydrogen) atoms. The van der Waals surface area contributed by atoms with Crippen LogP contribution in [0.15, 0.2) is 24.3 Å². The third-order valence-corrected chi connectivity index (χ3v) is 3.99. The van der Waals surface area contributed by atoms with Crippen LogP contribution in [0.4, 0.5) is 5.69 Å². The quantitative estimate of drug-likeness (QED) is 0.835. The fourth-order valence-electron chi connectivity index (χ4n) is 2.71. The number of piperazine rings is 1. The van der Waals surface area contributed by atoms with E-state index in [-0.39, 0.29) is 5.78 Å². The Morgan fingerprint density at radius 3 is 2.47 bits per heavy atom. The SMILES string of the molecule is CC(=O)c1ccc(N2CC(CN)N(C)CC2C)cc1. The van der Waals surface area contributed by atoms with Gasteiger partial charge in [-0.05, 0) is 45.2 Å². The molecule has 0 aliphatic carbocycles. The number of benzene rings is 1. The number of ketones is 1. The minimum Gasteiger partial charge on any atom is -0.366 e. The smallest absolute Gasteiger partial charge is 0.159 e. The molecular weight excluding hydrogens is 238 g/mol. The highest BCUT2D eigenvalue weighted by Crippen LogP contribution is 2.23. The van der Waals surface area contributed by atoms with E-state index in [1.54, 1.807) is 6.92 Å². The van der Waals surface area contributed by atoms with Gasteiger partial charge in [-0.2, -0.15) is 0 Å². The van der Waals surface area contributed by atoms with Gasteiger partial charge < -0.3 is 10.6 Å². The summed E-state index contributed by atoms with van der Waals surface area (Å²) >= 11 is 0. The fourth-order valence-corrected chi connectivity index (χ4v) is 2.71. The maximum atomic E-state index is 11.3. The summed E-state index contributed by atoms with van der Waals surface area (Å²) in [6.07, 6.45) is 0. The molecule has 4 nitrogen and oxygen atoms in total. The first-order valence-electron chi connectivity index (χ1n) is 6.81. The van der Waals surface area contributed by atoms with Gasteiger partial charge in [-0.1, -0.05) is 0 Å². The van der Waals surface area contributed by atoms with E-state index >= 15 is 0 Å². The lowest BCUT2D eigenvalue weighted by molar-refractivity contribution is 0.101. The minimum atomic E-state index is 0.109. The highest BCUT2D eigenvalue weighted by molar-refractivity contribution is 5.94. The second-order valence-electron chi connectivity index (χ2n) is 5.43. The Balaban J connectivity index is 2.18. The molecule has 1 heterocycles. The average Bonchev–Trinajstić information content (AvgIpc) is 2.39. The van der Waals surface area contributed by atoms with Crippen molar-refractivity contribution < 1.29 is 4.79 Å². The molecule has 1 fully saturated rings. The maximum absolute atomic E-state index is 11.3. The van der Waals surface area contributed by atoms with Gasteiger partial charge in [0.2, 0.25) is 0 Å². The van der Waals surface area contributed by atoms with Gasteiger partial charge in [-0.15, -0.1) is 0 Å². The van der Waals surface area contributed by atoms with Crippen LogP contribution in [-0.4, -0.2) is 49.4 Å². The standard InChI is InChI=1S/C15H23N3O/c1-11-9-17(3)15(8-16)10-18(11)14-6-4-13(5-7-14)12(2)19/h4-7,11,15H,8-10,16H2,1-3H3. The van der Waals surface area contributed by atoms with Crippen LogP contribution < -0.4 is 10.6 Å². The van der Waals surface area contributed by atoms with Gasteiger partial charge in [0, 0.05) is 43.0 Å². The van der Waals surface area contributed by atoms with Gasteiger partial charge in [-0.25, -0.2) is 0 Å². The van der Waals surface area contributed by atoms with Crippen molar-refractivity contribution in [2.75, 3.05) is 31.6 Å². The molecule has 104 valence electrons. The number of Topliss-reactive ketones (excluding diaryl/α,β-unsaturated/α-hetero) is 1. The second kappa shape index (κ2) is 5.72. The van der Waals surface area contributed by atoms with Crippen molar-refractivity contribution in [2.24, 2.45) is 5.73 Å². The summed E-state index contributed by atoms with van der Waals surface area (Å²) in [5.41, 5.74) is 7.77. The van der Waals surface area contributed by atoms with Gasteiger partial charge in [-0.3, -0.25) is 9.69 Å². The molecule has 1 aliphatic heterocycles. The van der Waals surface area contributed by atoms with Gasteiger partial charge in [0.15, 0.2) is 5.78 Å². The number of nitrogens with two attached hydrogens (primary N) is 1.